The Morgan fingerprint density at radius 3 is 2.77 bits per heavy atom. The maximum Gasteiger partial charge on any atom is 0.216 e. The molecular weight excluding hydrogens is 374 g/mol. The Bertz CT molecular complexity index is 977. The number of amides is 1. The molecule has 1 heterocycles. The third-order valence-electron chi connectivity index (χ3n) is 5.06. The first kappa shape index (κ1) is 21.6. The van der Waals surface area contributed by atoms with Gasteiger partial charge in [0, 0.05) is 26.4 Å². The van der Waals surface area contributed by atoms with Crippen LogP contribution in [-0.4, -0.2) is 28.6 Å². The molecular formula is C25H31N3O2. The largest absolute Gasteiger partial charge is 0.493 e. The Hall–Kier alpha value is -3.08. The van der Waals surface area contributed by atoms with Gasteiger partial charge in [-0.05, 0) is 49.4 Å². The summed E-state index contributed by atoms with van der Waals surface area (Å²) in [6.07, 6.45) is 6.44. The smallest absolute Gasteiger partial charge is 0.216 e. The van der Waals surface area contributed by atoms with E-state index in [4.69, 9.17) is 9.72 Å². The second-order valence-electron chi connectivity index (χ2n) is 7.41. The first-order chi connectivity index (χ1) is 14.7. The average molecular weight is 406 g/mol. The number of benzene rings is 2. The van der Waals surface area contributed by atoms with E-state index in [1.165, 1.54) is 11.1 Å². The van der Waals surface area contributed by atoms with E-state index in [0.29, 0.717) is 13.2 Å². The van der Waals surface area contributed by atoms with Crippen molar-refractivity contribution in [3.63, 3.8) is 0 Å². The first-order valence-corrected chi connectivity index (χ1v) is 10.7. The van der Waals surface area contributed by atoms with Gasteiger partial charge in [-0.15, -0.1) is 6.58 Å². The molecule has 1 aromatic heterocycles. The zero-order valence-electron chi connectivity index (χ0n) is 17.8. The molecule has 0 aliphatic rings. The highest BCUT2D eigenvalue weighted by Crippen LogP contribution is 2.20. The van der Waals surface area contributed by atoms with Gasteiger partial charge in [0.05, 0.1) is 17.6 Å². The minimum atomic E-state index is 0.0122. The van der Waals surface area contributed by atoms with Crippen molar-refractivity contribution < 1.29 is 9.53 Å². The van der Waals surface area contributed by atoms with Gasteiger partial charge in [-0.25, -0.2) is 4.98 Å². The van der Waals surface area contributed by atoms with Gasteiger partial charge in [-0.2, -0.15) is 0 Å². The molecule has 0 atom stereocenters. The van der Waals surface area contributed by atoms with Crippen molar-refractivity contribution in [2.45, 2.75) is 45.6 Å². The van der Waals surface area contributed by atoms with Gasteiger partial charge in [-0.3, -0.25) is 4.79 Å². The van der Waals surface area contributed by atoms with Crippen molar-refractivity contribution in [2.24, 2.45) is 0 Å². The zero-order valence-corrected chi connectivity index (χ0v) is 17.8. The standard InChI is InChI=1S/C25H31N3O2/c1-3-11-21-12-4-7-15-24(21)30-19-9-8-18-28-23-14-6-5-13-22(23)27-25(28)16-10-17-26-20(2)29/h3-7,12-15H,1,8-11,16-19H2,2H3,(H,26,29). The maximum absolute atomic E-state index is 11.1. The molecule has 0 unspecified atom stereocenters. The Kier molecular flexibility index (Phi) is 8.07. The van der Waals surface area contributed by atoms with E-state index in [9.17, 15) is 4.79 Å². The third-order valence-corrected chi connectivity index (χ3v) is 5.06. The number of rotatable bonds is 12. The fourth-order valence-electron chi connectivity index (χ4n) is 3.60. The number of unbranched alkanes of at least 4 members (excludes halogenated alkanes) is 1. The Labute approximate surface area is 178 Å². The van der Waals surface area contributed by atoms with E-state index in [1.807, 2.05) is 30.3 Å². The van der Waals surface area contributed by atoms with Gasteiger partial charge in [-0.1, -0.05) is 36.4 Å². The topological polar surface area (TPSA) is 56.1 Å². The molecule has 0 bridgehead atoms. The van der Waals surface area contributed by atoms with Gasteiger partial charge in [0.25, 0.3) is 0 Å². The van der Waals surface area contributed by atoms with E-state index in [0.717, 1.165) is 55.7 Å². The van der Waals surface area contributed by atoms with Gasteiger partial charge in [0.15, 0.2) is 0 Å². The van der Waals surface area contributed by atoms with Gasteiger partial charge >= 0.3 is 0 Å². The van der Waals surface area contributed by atoms with E-state index < -0.39 is 0 Å². The molecule has 1 N–H and O–H groups in total. The second-order valence-corrected chi connectivity index (χ2v) is 7.41. The highest BCUT2D eigenvalue weighted by Gasteiger charge is 2.10. The highest BCUT2D eigenvalue weighted by atomic mass is 16.5. The molecule has 0 saturated carbocycles. The summed E-state index contributed by atoms with van der Waals surface area (Å²) >= 11 is 0. The van der Waals surface area contributed by atoms with Gasteiger partial charge in [0.1, 0.15) is 11.6 Å². The number of carbonyl (C=O) groups excluding carboxylic acids is 1. The van der Waals surface area contributed by atoms with Crippen molar-refractivity contribution >= 4 is 16.9 Å². The molecule has 30 heavy (non-hydrogen) atoms. The number of nitrogens with one attached hydrogen (secondary N) is 1. The lowest BCUT2D eigenvalue weighted by atomic mass is 10.1. The van der Waals surface area contributed by atoms with Gasteiger partial charge in [0.2, 0.25) is 5.91 Å². The molecule has 5 heteroatoms. The molecule has 0 saturated heterocycles. The monoisotopic (exact) mass is 405 g/mol. The molecule has 0 aliphatic heterocycles. The number of imidazole rings is 1. The molecule has 0 fully saturated rings. The maximum atomic E-state index is 11.1. The van der Waals surface area contributed by atoms with Crippen LogP contribution in [0.5, 0.6) is 5.75 Å². The molecule has 158 valence electrons. The number of ether oxygens (including phenoxy) is 1. The third kappa shape index (κ3) is 5.96. The van der Waals surface area contributed by atoms with E-state index in [2.05, 4.69) is 40.7 Å². The number of allylic oxidation sites excluding steroid dienone is 1. The van der Waals surface area contributed by atoms with Crippen LogP contribution in [-0.2, 0) is 24.2 Å². The summed E-state index contributed by atoms with van der Waals surface area (Å²) in [5, 5.41) is 2.86. The Balaban J connectivity index is 1.55. The first-order valence-electron chi connectivity index (χ1n) is 10.7. The zero-order chi connectivity index (χ0) is 21.2. The number of hydrogen-bond acceptors (Lipinski definition) is 3. The predicted octanol–water partition coefficient (Wildman–Crippen LogP) is 4.69. The molecule has 1 amide bonds. The minimum absolute atomic E-state index is 0.0122. The van der Waals surface area contributed by atoms with Crippen LogP contribution < -0.4 is 10.1 Å². The number of fused-ring (bicyclic) bond motifs is 1. The van der Waals surface area contributed by atoms with Crippen LogP contribution in [0.2, 0.25) is 0 Å². The van der Waals surface area contributed by atoms with Crippen molar-refractivity contribution in [3.8, 4) is 5.75 Å². The van der Waals surface area contributed by atoms with Crippen LogP contribution in [0.25, 0.3) is 11.0 Å². The number of aromatic nitrogens is 2. The fraction of sp³-hybridized carbons (Fsp3) is 0.360. The lowest BCUT2D eigenvalue weighted by Gasteiger charge is -2.12. The minimum Gasteiger partial charge on any atom is -0.493 e. The average Bonchev–Trinajstić information content (AvgIpc) is 3.10. The highest BCUT2D eigenvalue weighted by molar-refractivity contribution is 5.76. The molecule has 2 aromatic carbocycles. The quantitative estimate of drug-likeness (QED) is 0.351. The van der Waals surface area contributed by atoms with Crippen molar-refractivity contribution in [3.05, 3.63) is 72.6 Å². The summed E-state index contributed by atoms with van der Waals surface area (Å²) in [6.45, 7) is 7.65. The number of aryl methyl sites for hydroxylation is 2. The summed E-state index contributed by atoms with van der Waals surface area (Å²) in [5.41, 5.74) is 3.38. The molecule has 5 nitrogen and oxygen atoms in total. The summed E-state index contributed by atoms with van der Waals surface area (Å²) in [4.78, 5) is 15.9. The van der Waals surface area contributed by atoms with Crippen LogP contribution in [0.1, 0.15) is 37.6 Å². The molecule has 0 radical (unpaired) electrons. The normalized spacial score (nSPS) is 10.8. The van der Waals surface area contributed by atoms with Crippen molar-refractivity contribution in [2.75, 3.05) is 13.2 Å². The van der Waals surface area contributed by atoms with Crippen LogP contribution in [0.4, 0.5) is 0 Å². The van der Waals surface area contributed by atoms with Gasteiger partial charge < -0.3 is 14.6 Å². The van der Waals surface area contributed by atoms with E-state index >= 15 is 0 Å². The molecule has 3 aromatic rings. The summed E-state index contributed by atoms with van der Waals surface area (Å²) in [6, 6.07) is 16.4. The number of hydrogen-bond donors (Lipinski definition) is 1. The summed E-state index contributed by atoms with van der Waals surface area (Å²) < 4.78 is 8.33. The van der Waals surface area contributed by atoms with Crippen LogP contribution >= 0.6 is 0 Å². The SMILES string of the molecule is C=CCc1ccccc1OCCCCn1c(CCCNC(C)=O)nc2ccccc21. The van der Waals surface area contributed by atoms with Crippen molar-refractivity contribution in [1.82, 2.24) is 14.9 Å². The van der Waals surface area contributed by atoms with Crippen molar-refractivity contribution in [1.29, 1.82) is 0 Å². The number of nitrogens with zero attached hydrogens (tertiary/aromatic N) is 2. The Morgan fingerprint density at radius 2 is 1.93 bits per heavy atom. The molecule has 0 spiro atoms. The fourth-order valence-corrected chi connectivity index (χ4v) is 3.60. The van der Waals surface area contributed by atoms with Crippen LogP contribution in [0.15, 0.2) is 61.2 Å². The molecule has 3 rings (SSSR count). The number of para-hydroxylation sites is 3. The Morgan fingerprint density at radius 1 is 1.13 bits per heavy atom. The predicted molar refractivity (Wildman–Crippen MR) is 122 cm³/mol. The second kappa shape index (κ2) is 11.2. The lowest BCUT2D eigenvalue weighted by Crippen LogP contribution is -2.21. The van der Waals surface area contributed by atoms with Crippen LogP contribution in [0, 0.1) is 0 Å². The lowest BCUT2D eigenvalue weighted by molar-refractivity contribution is -0.118. The van der Waals surface area contributed by atoms with E-state index in [1.54, 1.807) is 6.92 Å². The van der Waals surface area contributed by atoms with E-state index in [-0.39, 0.29) is 5.91 Å². The summed E-state index contributed by atoms with van der Waals surface area (Å²) in [7, 11) is 0. The van der Waals surface area contributed by atoms with Crippen LogP contribution in [0.3, 0.4) is 0 Å². The summed E-state index contributed by atoms with van der Waals surface area (Å²) in [5.74, 6) is 2.04. The molecule has 0 aliphatic carbocycles. The number of carbonyl (C=O) groups is 1.